The molecule has 42 heavy (non-hydrogen) atoms. The summed E-state index contributed by atoms with van der Waals surface area (Å²) in [4.78, 5) is 68.2. The first-order valence-electron chi connectivity index (χ1n) is 12.9. The Morgan fingerprint density at radius 3 is 2.43 bits per heavy atom. The monoisotopic (exact) mass is 647 g/mol. The Labute approximate surface area is 243 Å². The van der Waals surface area contributed by atoms with Gasteiger partial charge < -0.3 is 39.3 Å². The summed E-state index contributed by atoms with van der Waals surface area (Å²) in [5.74, 6) is -1.46. The molecule has 5 N–H and O–H groups in total. The number of allylic oxidation sites excluding steroid dienone is 1. The molecule has 0 bridgehead atoms. The van der Waals surface area contributed by atoms with Crippen LogP contribution in [0.1, 0.15) is 55.1 Å². The number of aromatic carboxylic acids is 1. The first-order chi connectivity index (χ1) is 19.4. The molecule has 17 heteroatoms. The highest BCUT2D eigenvalue weighted by atomic mass is 35.5. The minimum Gasteiger partial charge on any atom is -0.477 e. The lowest BCUT2D eigenvalue weighted by atomic mass is 10.00. The van der Waals surface area contributed by atoms with Gasteiger partial charge in [-0.3, -0.25) is 13.9 Å². The van der Waals surface area contributed by atoms with Crippen LogP contribution in [0.25, 0.3) is 16.5 Å². The van der Waals surface area contributed by atoms with Gasteiger partial charge in [0.05, 0.1) is 28.3 Å². The number of carboxylic acids is 1. The molecular formula is C25H29ClFN3O10P2. The van der Waals surface area contributed by atoms with Crippen molar-refractivity contribution >= 4 is 61.5 Å². The Morgan fingerprint density at radius 2 is 1.95 bits per heavy atom. The molecule has 3 fully saturated rings. The van der Waals surface area contributed by atoms with Crippen molar-refractivity contribution in [2.75, 3.05) is 18.0 Å². The Balaban J connectivity index is 1.55. The van der Waals surface area contributed by atoms with Gasteiger partial charge in [0.2, 0.25) is 13.5 Å². The molecule has 2 aromatic rings. The molecule has 3 unspecified atom stereocenters. The van der Waals surface area contributed by atoms with E-state index in [1.807, 2.05) is 4.90 Å². The van der Waals surface area contributed by atoms with E-state index in [0.717, 1.165) is 6.20 Å². The number of nitrogens with one attached hydrogen (secondary N) is 1. The molecule has 2 saturated carbocycles. The van der Waals surface area contributed by atoms with Gasteiger partial charge in [0.1, 0.15) is 11.7 Å². The maximum absolute atomic E-state index is 14.2. The highest BCUT2D eigenvalue weighted by Crippen LogP contribution is 2.62. The second-order valence-electron chi connectivity index (χ2n) is 11.3. The predicted octanol–water partition coefficient (Wildman–Crippen LogP) is 3.68. The van der Waals surface area contributed by atoms with Gasteiger partial charge in [-0.15, -0.1) is 0 Å². The molecular weight excluding hydrogens is 619 g/mol. The summed E-state index contributed by atoms with van der Waals surface area (Å²) in [5.41, 5.74) is -0.220. The van der Waals surface area contributed by atoms with E-state index in [-0.39, 0.29) is 28.9 Å². The van der Waals surface area contributed by atoms with Crippen LogP contribution in [-0.4, -0.2) is 66.8 Å². The molecule has 2 heterocycles. The highest BCUT2D eigenvalue weighted by molar-refractivity contribution is 7.66. The highest BCUT2D eigenvalue weighted by Gasteiger charge is 2.57. The topological polar surface area (TPSA) is 196 Å². The first-order valence-corrected chi connectivity index (χ1v) is 16.2. The Morgan fingerprint density at radius 1 is 1.33 bits per heavy atom. The minimum atomic E-state index is -5.32. The molecule has 5 rings (SSSR count). The number of anilines is 1. The lowest BCUT2D eigenvalue weighted by molar-refractivity contribution is 0.0694. The van der Waals surface area contributed by atoms with Gasteiger partial charge in [-0.05, 0) is 38.3 Å². The molecule has 1 aromatic heterocycles. The van der Waals surface area contributed by atoms with Crippen LogP contribution >= 0.6 is 27.2 Å². The molecule has 3 aliphatic rings. The Bertz CT molecular complexity index is 1690. The van der Waals surface area contributed by atoms with Crippen molar-refractivity contribution in [2.24, 2.45) is 5.41 Å². The van der Waals surface area contributed by atoms with Gasteiger partial charge in [-0.1, -0.05) is 18.2 Å². The number of fused-ring (bicyclic) bond motifs is 1. The number of carbonyl (C=O) groups excluding carboxylic acids is 1. The summed E-state index contributed by atoms with van der Waals surface area (Å²) in [7, 11) is -9.33. The van der Waals surface area contributed by atoms with Crippen molar-refractivity contribution in [3.63, 3.8) is 0 Å². The van der Waals surface area contributed by atoms with E-state index in [0.29, 0.717) is 43.1 Å². The van der Waals surface area contributed by atoms with Crippen LogP contribution in [-0.2, 0) is 13.9 Å². The number of benzene rings is 1. The minimum absolute atomic E-state index is 0.00437. The summed E-state index contributed by atoms with van der Waals surface area (Å²) < 4.78 is 44.0. The average Bonchev–Trinajstić information content (AvgIpc) is 3.77. The van der Waals surface area contributed by atoms with Crippen molar-refractivity contribution in [2.45, 2.75) is 56.4 Å². The molecule has 13 nitrogen and oxygen atoms in total. The molecule has 1 spiro atoms. The number of carboxylic acid groups (broad SMARTS) is 1. The van der Waals surface area contributed by atoms with Gasteiger partial charge >= 0.3 is 19.7 Å². The Kier molecular flexibility index (Phi) is 7.44. The quantitative estimate of drug-likeness (QED) is 0.262. The number of amides is 1. The summed E-state index contributed by atoms with van der Waals surface area (Å²) in [6.07, 6.45) is 0.0468. The number of hydrogen-bond acceptors (Lipinski definition) is 7. The van der Waals surface area contributed by atoms with Gasteiger partial charge in [-0.25, -0.2) is 14.0 Å². The lowest BCUT2D eigenvalue weighted by Crippen LogP contribution is -2.44. The second kappa shape index (κ2) is 10.2. The number of nitrogens with zero attached hydrogens (tertiary/aromatic N) is 2. The lowest BCUT2D eigenvalue weighted by Gasteiger charge is -2.28. The van der Waals surface area contributed by atoms with Crippen molar-refractivity contribution < 1.29 is 47.6 Å². The van der Waals surface area contributed by atoms with Crippen molar-refractivity contribution in [1.29, 1.82) is 0 Å². The predicted molar refractivity (Wildman–Crippen MR) is 152 cm³/mol. The summed E-state index contributed by atoms with van der Waals surface area (Å²) in [5, 5.41) is 9.35. The standard InChI is InChI=1S/C25H29ClFN3O10P2/c1-11(2)12-6-13-20(30(16-7-15(16)27)8-14(21(13)31)22(32)33)18(26)19(12)29-9-17(25(10-29)4-5-25)28-23(34)40-24(3,41(35)36)42(37,38)39/h6,8,15-17,41H,1,4-5,7,9-10H2,2-3H3,(H,28,34)(H,32,33)(H,35,36)(H2,37,38,39)/t15-,16?,17+,24?/m0/s1. The number of alkyl halides is 1. The normalized spacial score (nSPS) is 24.7. The van der Waals surface area contributed by atoms with Crippen molar-refractivity contribution in [3.05, 3.63) is 45.2 Å². The summed E-state index contributed by atoms with van der Waals surface area (Å²) in [6, 6.07) is 0.165. The third-order valence-corrected chi connectivity index (χ3v) is 12.3. The summed E-state index contributed by atoms with van der Waals surface area (Å²) in [6.45, 7) is 6.85. The van der Waals surface area contributed by atoms with Crippen LogP contribution < -0.4 is 15.6 Å². The van der Waals surface area contributed by atoms with Crippen LogP contribution in [0.4, 0.5) is 14.9 Å². The third-order valence-electron chi connectivity index (χ3n) is 8.35. The SMILES string of the molecule is C=C(C)c1cc2c(=O)c(C(=O)O)cn(C3C[C@@H]3F)c2c(Cl)c1N1C[C@@H](NC(=O)OC(C)([PH](=O)O)P(=O)(O)O)C2(CC2)C1. The number of halogens is 2. The largest absolute Gasteiger partial charge is 0.477 e. The molecule has 0 radical (unpaired) electrons. The van der Waals surface area contributed by atoms with E-state index >= 15 is 0 Å². The molecule has 1 saturated heterocycles. The van der Waals surface area contributed by atoms with Gasteiger partial charge in [0.15, 0.2) is 0 Å². The van der Waals surface area contributed by atoms with Crippen LogP contribution in [0.5, 0.6) is 0 Å². The zero-order valence-electron chi connectivity index (χ0n) is 22.5. The molecule has 5 atom stereocenters. The molecule has 1 amide bonds. The van der Waals surface area contributed by atoms with E-state index in [4.69, 9.17) is 16.3 Å². The molecule has 1 aliphatic heterocycles. The van der Waals surface area contributed by atoms with E-state index in [1.165, 1.54) is 10.6 Å². The zero-order valence-corrected chi connectivity index (χ0v) is 25.1. The number of aromatic nitrogens is 1. The van der Waals surface area contributed by atoms with E-state index < -0.39 is 67.4 Å². The van der Waals surface area contributed by atoms with Crippen molar-refractivity contribution in [1.82, 2.24) is 9.88 Å². The summed E-state index contributed by atoms with van der Waals surface area (Å²) >= 11 is 6.97. The third kappa shape index (κ3) is 4.98. The number of alkyl carbamates (subject to hydrolysis) is 1. The number of pyridine rings is 1. The van der Waals surface area contributed by atoms with E-state index in [1.54, 1.807) is 6.92 Å². The van der Waals surface area contributed by atoms with E-state index in [9.17, 15) is 47.7 Å². The van der Waals surface area contributed by atoms with Crippen LogP contribution in [0, 0.1) is 5.41 Å². The fraction of sp³-hybridized carbons (Fsp3) is 0.480. The smallest absolute Gasteiger partial charge is 0.409 e. The van der Waals surface area contributed by atoms with Gasteiger partial charge in [0.25, 0.3) is 5.08 Å². The molecule has 228 valence electrons. The number of rotatable bonds is 8. The molecule has 1 aromatic carbocycles. The fourth-order valence-electron chi connectivity index (χ4n) is 5.54. The number of carbonyl (C=O) groups is 2. The number of ether oxygens (including phenoxy) is 1. The average molecular weight is 648 g/mol. The van der Waals surface area contributed by atoms with Crippen LogP contribution in [0.2, 0.25) is 5.02 Å². The zero-order chi connectivity index (χ0) is 31.1. The molecule has 2 aliphatic carbocycles. The van der Waals surface area contributed by atoms with Crippen LogP contribution in [0.3, 0.4) is 0 Å². The maximum atomic E-state index is 14.2. The first kappa shape index (κ1) is 30.7. The van der Waals surface area contributed by atoms with Crippen molar-refractivity contribution in [3.8, 4) is 0 Å². The second-order valence-corrected chi connectivity index (χ2v) is 15.6. The Hall–Kier alpha value is -2.73. The maximum Gasteiger partial charge on any atom is 0.409 e. The van der Waals surface area contributed by atoms with Gasteiger partial charge in [-0.2, -0.15) is 0 Å². The van der Waals surface area contributed by atoms with Gasteiger partial charge in [0, 0.05) is 42.1 Å². The fourth-order valence-corrected chi connectivity index (χ4v) is 7.34. The number of hydrogen-bond donors (Lipinski definition) is 5. The van der Waals surface area contributed by atoms with E-state index in [2.05, 4.69) is 11.9 Å². The van der Waals surface area contributed by atoms with Crippen LogP contribution in [0.15, 0.2) is 23.6 Å².